The molecule has 1 amide bonds. The first-order valence-corrected chi connectivity index (χ1v) is 12.1. The molecule has 36 heavy (non-hydrogen) atoms. The molecular formula is C24H17F4N3O4S. The van der Waals surface area contributed by atoms with E-state index in [9.17, 15) is 30.8 Å². The lowest BCUT2D eigenvalue weighted by Gasteiger charge is -2.10. The van der Waals surface area contributed by atoms with E-state index in [-0.39, 0.29) is 21.8 Å². The van der Waals surface area contributed by atoms with E-state index in [1.54, 1.807) is 6.07 Å². The number of halogens is 4. The zero-order valence-corrected chi connectivity index (χ0v) is 19.3. The standard InChI is InChI=1S/C24H17F4N3O4S/c1-36(33,34)20-11-5-15(6-12-20)22-21(14-31(30-22)18-4-2-3-16(25)13-18)23(32)29-17-7-9-19(10-8-17)35-24(26,27)28/h2-14H,1H3,(H,29,32). The second kappa shape index (κ2) is 9.46. The molecular weight excluding hydrogens is 502 g/mol. The van der Waals surface area contributed by atoms with Crippen molar-refractivity contribution < 1.29 is 35.5 Å². The van der Waals surface area contributed by atoms with Gasteiger partial charge in [0.2, 0.25) is 0 Å². The highest BCUT2D eigenvalue weighted by molar-refractivity contribution is 7.90. The number of anilines is 1. The molecule has 0 fully saturated rings. The number of benzene rings is 3. The van der Waals surface area contributed by atoms with Crippen molar-refractivity contribution in [2.75, 3.05) is 11.6 Å². The van der Waals surface area contributed by atoms with Crippen molar-refractivity contribution in [2.45, 2.75) is 11.3 Å². The Bertz CT molecular complexity index is 1510. The van der Waals surface area contributed by atoms with E-state index >= 15 is 0 Å². The second-order valence-corrected chi connectivity index (χ2v) is 9.65. The monoisotopic (exact) mass is 519 g/mol. The fourth-order valence-electron chi connectivity index (χ4n) is 3.30. The topological polar surface area (TPSA) is 90.3 Å². The summed E-state index contributed by atoms with van der Waals surface area (Å²) in [4.78, 5) is 13.2. The number of ether oxygens (including phenoxy) is 1. The minimum absolute atomic E-state index is 0.0574. The number of hydrogen-bond donors (Lipinski definition) is 1. The zero-order chi connectivity index (χ0) is 26.1. The summed E-state index contributed by atoms with van der Waals surface area (Å²) in [6.07, 6.45) is -2.42. The maximum absolute atomic E-state index is 13.8. The predicted molar refractivity (Wildman–Crippen MR) is 123 cm³/mol. The Balaban J connectivity index is 1.69. The highest BCUT2D eigenvalue weighted by Crippen LogP contribution is 2.28. The number of alkyl halides is 3. The first kappa shape index (κ1) is 24.9. The molecule has 0 saturated heterocycles. The van der Waals surface area contributed by atoms with Gasteiger partial charge in [0.15, 0.2) is 9.84 Å². The van der Waals surface area contributed by atoms with Gasteiger partial charge in [-0.25, -0.2) is 17.5 Å². The van der Waals surface area contributed by atoms with E-state index in [1.807, 2.05) is 0 Å². The maximum atomic E-state index is 13.8. The van der Waals surface area contributed by atoms with Gasteiger partial charge in [-0.05, 0) is 54.6 Å². The first-order chi connectivity index (χ1) is 16.9. The minimum atomic E-state index is -4.85. The Hall–Kier alpha value is -4.19. The van der Waals surface area contributed by atoms with E-state index in [1.165, 1.54) is 65.5 Å². The van der Waals surface area contributed by atoms with E-state index in [0.717, 1.165) is 18.4 Å². The maximum Gasteiger partial charge on any atom is 0.573 e. The molecule has 4 aromatic rings. The molecule has 7 nitrogen and oxygen atoms in total. The molecule has 0 atom stereocenters. The summed E-state index contributed by atoms with van der Waals surface area (Å²) in [7, 11) is -3.45. The Labute approximate surface area is 202 Å². The summed E-state index contributed by atoms with van der Waals surface area (Å²) < 4.78 is 79.6. The molecule has 0 saturated carbocycles. The third kappa shape index (κ3) is 5.89. The Morgan fingerprint density at radius 3 is 2.25 bits per heavy atom. The molecule has 0 aliphatic heterocycles. The highest BCUT2D eigenvalue weighted by Gasteiger charge is 2.31. The number of amides is 1. The molecule has 0 spiro atoms. The van der Waals surface area contributed by atoms with Crippen LogP contribution in [-0.2, 0) is 9.84 Å². The molecule has 0 unspecified atom stereocenters. The number of aromatic nitrogens is 2. The van der Waals surface area contributed by atoms with Gasteiger partial charge >= 0.3 is 6.36 Å². The molecule has 0 aliphatic carbocycles. The molecule has 0 radical (unpaired) electrons. The van der Waals surface area contributed by atoms with Crippen LogP contribution in [0, 0.1) is 5.82 Å². The molecule has 1 N–H and O–H groups in total. The van der Waals surface area contributed by atoms with Crippen molar-refractivity contribution in [3.63, 3.8) is 0 Å². The molecule has 12 heteroatoms. The van der Waals surface area contributed by atoms with Gasteiger partial charge < -0.3 is 10.1 Å². The van der Waals surface area contributed by atoms with Gasteiger partial charge in [0.1, 0.15) is 17.3 Å². The van der Waals surface area contributed by atoms with E-state index in [0.29, 0.717) is 11.3 Å². The number of rotatable bonds is 6. The minimum Gasteiger partial charge on any atom is -0.406 e. The normalized spacial score (nSPS) is 11.8. The summed E-state index contributed by atoms with van der Waals surface area (Å²) in [6, 6.07) is 15.8. The highest BCUT2D eigenvalue weighted by atomic mass is 32.2. The van der Waals surface area contributed by atoms with Crippen LogP contribution in [0.5, 0.6) is 5.75 Å². The molecule has 0 bridgehead atoms. The van der Waals surface area contributed by atoms with Crippen LogP contribution in [0.25, 0.3) is 16.9 Å². The predicted octanol–water partition coefficient (Wildman–Crippen LogP) is 5.23. The number of nitrogens with one attached hydrogen (secondary N) is 1. The average molecular weight is 519 g/mol. The van der Waals surface area contributed by atoms with E-state index in [4.69, 9.17) is 0 Å². The van der Waals surface area contributed by atoms with Gasteiger partial charge in [0.25, 0.3) is 5.91 Å². The van der Waals surface area contributed by atoms with Crippen LogP contribution in [0.15, 0.2) is 83.9 Å². The quantitative estimate of drug-likeness (QED) is 0.352. The van der Waals surface area contributed by atoms with Gasteiger partial charge in [-0.15, -0.1) is 13.2 Å². The fraction of sp³-hybridized carbons (Fsp3) is 0.0833. The molecule has 1 heterocycles. The zero-order valence-electron chi connectivity index (χ0n) is 18.5. The average Bonchev–Trinajstić information content (AvgIpc) is 3.25. The number of hydrogen-bond acceptors (Lipinski definition) is 5. The van der Waals surface area contributed by atoms with Crippen molar-refractivity contribution in [2.24, 2.45) is 0 Å². The van der Waals surface area contributed by atoms with Crippen LogP contribution in [0.4, 0.5) is 23.2 Å². The first-order valence-electron chi connectivity index (χ1n) is 10.2. The van der Waals surface area contributed by atoms with E-state index < -0.39 is 33.7 Å². The van der Waals surface area contributed by atoms with Crippen LogP contribution in [0.3, 0.4) is 0 Å². The third-order valence-corrected chi connectivity index (χ3v) is 6.06. The number of carbonyl (C=O) groups is 1. The van der Waals surface area contributed by atoms with Crippen LogP contribution in [-0.4, -0.2) is 36.7 Å². The molecule has 3 aromatic carbocycles. The second-order valence-electron chi connectivity index (χ2n) is 7.64. The molecule has 1 aromatic heterocycles. The van der Waals surface area contributed by atoms with Gasteiger partial charge in [0, 0.05) is 23.7 Å². The smallest absolute Gasteiger partial charge is 0.406 e. The Morgan fingerprint density at radius 2 is 1.67 bits per heavy atom. The van der Waals surface area contributed by atoms with Gasteiger partial charge in [-0.3, -0.25) is 4.79 Å². The Morgan fingerprint density at radius 1 is 1.00 bits per heavy atom. The van der Waals surface area contributed by atoms with E-state index in [2.05, 4.69) is 15.2 Å². The third-order valence-electron chi connectivity index (χ3n) is 4.93. The lowest BCUT2D eigenvalue weighted by molar-refractivity contribution is -0.274. The van der Waals surface area contributed by atoms with Crippen molar-refractivity contribution in [1.82, 2.24) is 9.78 Å². The SMILES string of the molecule is CS(=O)(=O)c1ccc(-c2nn(-c3cccc(F)c3)cc2C(=O)Nc2ccc(OC(F)(F)F)cc2)cc1. The lowest BCUT2D eigenvalue weighted by Crippen LogP contribution is -2.17. The van der Waals surface area contributed by atoms with Crippen molar-refractivity contribution >= 4 is 21.4 Å². The summed E-state index contributed by atoms with van der Waals surface area (Å²) in [5, 5.41) is 6.97. The Kier molecular flexibility index (Phi) is 6.55. The molecule has 186 valence electrons. The number of nitrogens with zero attached hydrogens (tertiary/aromatic N) is 2. The molecule has 4 rings (SSSR count). The van der Waals surface area contributed by atoms with Crippen molar-refractivity contribution in [3.05, 3.63) is 90.4 Å². The van der Waals surface area contributed by atoms with Crippen molar-refractivity contribution in [1.29, 1.82) is 0 Å². The van der Waals surface area contributed by atoms with Crippen molar-refractivity contribution in [3.8, 4) is 22.7 Å². The van der Waals surface area contributed by atoms with Gasteiger partial charge in [-0.2, -0.15) is 5.10 Å². The van der Waals surface area contributed by atoms with Crippen LogP contribution >= 0.6 is 0 Å². The van der Waals surface area contributed by atoms with Gasteiger partial charge in [0.05, 0.1) is 16.1 Å². The van der Waals surface area contributed by atoms with Gasteiger partial charge in [-0.1, -0.05) is 18.2 Å². The summed E-state index contributed by atoms with van der Waals surface area (Å²) in [5.41, 5.74) is 1.16. The summed E-state index contributed by atoms with van der Waals surface area (Å²) in [5.74, 6) is -1.62. The summed E-state index contributed by atoms with van der Waals surface area (Å²) >= 11 is 0. The van der Waals surface area contributed by atoms with Crippen LogP contribution in [0.2, 0.25) is 0 Å². The summed E-state index contributed by atoms with van der Waals surface area (Å²) in [6.45, 7) is 0. The fourth-order valence-corrected chi connectivity index (χ4v) is 3.93. The molecule has 0 aliphatic rings. The van der Waals surface area contributed by atoms with Crippen LogP contribution in [0.1, 0.15) is 10.4 Å². The lowest BCUT2D eigenvalue weighted by atomic mass is 10.1. The largest absolute Gasteiger partial charge is 0.573 e. The number of sulfone groups is 1. The van der Waals surface area contributed by atoms with Crippen LogP contribution < -0.4 is 10.1 Å². The number of carbonyl (C=O) groups excluding carboxylic acids is 1.